The van der Waals surface area contributed by atoms with Gasteiger partial charge >= 0.3 is 0 Å². The minimum Gasteiger partial charge on any atom is -0.353 e. The van der Waals surface area contributed by atoms with Crippen molar-refractivity contribution >= 4 is 23.0 Å². The predicted molar refractivity (Wildman–Crippen MR) is 93.1 cm³/mol. The summed E-state index contributed by atoms with van der Waals surface area (Å²) in [5, 5.41) is 2.96. The van der Waals surface area contributed by atoms with Crippen LogP contribution in [-0.4, -0.2) is 17.9 Å². The highest BCUT2D eigenvalue weighted by Gasteiger charge is 2.15. The second-order valence-electron chi connectivity index (χ2n) is 5.23. The number of halogens is 1. The Balaban J connectivity index is 1.82. The average molecular weight is 321 g/mol. The number of carbonyl (C=O) groups is 1. The van der Waals surface area contributed by atoms with Gasteiger partial charge < -0.3 is 10.2 Å². The van der Waals surface area contributed by atoms with E-state index in [9.17, 15) is 9.18 Å². The number of carbonyl (C=O) groups excluding carboxylic acids is 1. The summed E-state index contributed by atoms with van der Waals surface area (Å²) in [6.07, 6.45) is 1.52. The Hall–Kier alpha value is -3.21. The monoisotopic (exact) mass is 321 g/mol. The van der Waals surface area contributed by atoms with Gasteiger partial charge in [-0.2, -0.15) is 0 Å². The van der Waals surface area contributed by atoms with Gasteiger partial charge in [-0.3, -0.25) is 9.78 Å². The minimum atomic E-state index is -0.358. The number of nitrogens with zero attached hydrogens (tertiary/aromatic N) is 2. The molecule has 0 saturated carbocycles. The van der Waals surface area contributed by atoms with Crippen molar-refractivity contribution in [3.8, 4) is 0 Å². The van der Waals surface area contributed by atoms with E-state index in [-0.39, 0.29) is 17.4 Å². The van der Waals surface area contributed by atoms with Crippen LogP contribution < -0.4 is 10.2 Å². The molecule has 0 aliphatic carbocycles. The molecule has 0 fully saturated rings. The number of nitrogens with one attached hydrogen (secondary N) is 1. The molecule has 120 valence electrons. The van der Waals surface area contributed by atoms with Gasteiger partial charge in [0.2, 0.25) is 0 Å². The topological polar surface area (TPSA) is 45.2 Å². The molecule has 4 nitrogen and oxygen atoms in total. The number of anilines is 3. The summed E-state index contributed by atoms with van der Waals surface area (Å²) in [6, 6.07) is 19.0. The summed E-state index contributed by atoms with van der Waals surface area (Å²) in [4.78, 5) is 18.2. The summed E-state index contributed by atoms with van der Waals surface area (Å²) >= 11 is 0. The summed E-state index contributed by atoms with van der Waals surface area (Å²) < 4.78 is 13.7. The highest BCUT2D eigenvalue weighted by molar-refractivity contribution is 6.04. The highest BCUT2D eigenvalue weighted by atomic mass is 19.1. The lowest BCUT2D eigenvalue weighted by Crippen LogP contribution is -2.27. The summed E-state index contributed by atoms with van der Waals surface area (Å²) in [5.41, 5.74) is 2.00. The molecule has 0 spiro atoms. The maximum Gasteiger partial charge on any atom is 0.276 e. The number of hydrogen-bond acceptors (Lipinski definition) is 3. The zero-order chi connectivity index (χ0) is 16.9. The lowest BCUT2D eigenvalue weighted by Gasteiger charge is -2.17. The van der Waals surface area contributed by atoms with E-state index in [2.05, 4.69) is 10.3 Å². The molecule has 0 aliphatic rings. The van der Waals surface area contributed by atoms with Crippen LogP contribution in [0.3, 0.4) is 0 Å². The Morgan fingerprint density at radius 1 is 1.04 bits per heavy atom. The molecule has 3 aromatic rings. The predicted octanol–water partition coefficient (Wildman–Crippen LogP) is 4.24. The van der Waals surface area contributed by atoms with Crippen molar-refractivity contribution < 1.29 is 9.18 Å². The molecule has 3 rings (SSSR count). The fourth-order valence-corrected chi connectivity index (χ4v) is 2.28. The fraction of sp³-hybridized carbons (Fsp3) is 0.0526. The van der Waals surface area contributed by atoms with Crippen LogP contribution >= 0.6 is 0 Å². The standard InChI is InChI=1S/C19H16FN3O/c1-23(15-7-3-2-4-8-15)19(24)18-13-14(11-12-21-18)22-17-10-6-5-9-16(17)20/h2-13H,1H3,(H,21,22). The number of amides is 1. The number of hydrogen-bond donors (Lipinski definition) is 1. The summed E-state index contributed by atoms with van der Waals surface area (Å²) in [5.74, 6) is -0.595. The van der Waals surface area contributed by atoms with Gasteiger partial charge in [-0.25, -0.2) is 4.39 Å². The molecular formula is C19H16FN3O. The van der Waals surface area contributed by atoms with E-state index >= 15 is 0 Å². The normalized spacial score (nSPS) is 10.2. The van der Waals surface area contributed by atoms with Gasteiger partial charge in [0.25, 0.3) is 5.91 Å². The number of rotatable bonds is 4. The Labute approximate surface area is 139 Å². The van der Waals surface area contributed by atoms with Gasteiger partial charge in [0.1, 0.15) is 11.5 Å². The molecule has 0 bridgehead atoms. The van der Waals surface area contributed by atoms with Crippen molar-refractivity contribution in [1.82, 2.24) is 4.98 Å². The smallest absolute Gasteiger partial charge is 0.276 e. The van der Waals surface area contributed by atoms with Gasteiger partial charge in [0.15, 0.2) is 0 Å². The molecule has 2 aromatic carbocycles. The maximum atomic E-state index is 13.7. The largest absolute Gasteiger partial charge is 0.353 e. The molecule has 0 unspecified atom stereocenters. The molecule has 0 atom stereocenters. The van der Waals surface area contributed by atoms with E-state index < -0.39 is 0 Å². The van der Waals surface area contributed by atoms with Crippen LogP contribution in [0.5, 0.6) is 0 Å². The van der Waals surface area contributed by atoms with Gasteiger partial charge in [-0.05, 0) is 36.4 Å². The van der Waals surface area contributed by atoms with Gasteiger partial charge in [-0.15, -0.1) is 0 Å². The van der Waals surface area contributed by atoms with Crippen molar-refractivity contribution in [3.05, 3.63) is 84.4 Å². The van der Waals surface area contributed by atoms with Crippen LogP contribution in [0.15, 0.2) is 72.9 Å². The van der Waals surface area contributed by atoms with Crippen LogP contribution in [0.25, 0.3) is 0 Å². The third-order valence-electron chi connectivity index (χ3n) is 3.58. The number of benzene rings is 2. The van der Waals surface area contributed by atoms with E-state index in [1.807, 2.05) is 30.3 Å². The minimum absolute atomic E-state index is 0.238. The van der Waals surface area contributed by atoms with Crippen molar-refractivity contribution in [2.75, 3.05) is 17.3 Å². The SMILES string of the molecule is CN(C(=O)c1cc(Nc2ccccc2F)ccn1)c1ccccc1. The molecule has 1 aromatic heterocycles. The number of aromatic nitrogens is 1. The van der Waals surface area contributed by atoms with Crippen LogP contribution in [0.4, 0.5) is 21.5 Å². The van der Waals surface area contributed by atoms with E-state index in [1.165, 1.54) is 17.2 Å². The van der Waals surface area contributed by atoms with Crippen molar-refractivity contribution in [1.29, 1.82) is 0 Å². The van der Waals surface area contributed by atoms with Crippen molar-refractivity contribution in [2.24, 2.45) is 0 Å². The second-order valence-corrected chi connectivity index (χ2v) is 5.23. The molecule has 24 heavy (non-hydrogen) atoms. The lowest BCUT2D eigenvalue weighted by atomic mass is 10.2. The van der Waals surface area contributed by atoms with Gasteiger partial charge in [0, 0.05) is 24.6 Å². The Morgan fingerprint density at radius 3 is 2.50 bits per heavy atom. The average Bonchev–Trinajstić information content (AvgIpc) is 2.63. The van der Waals surface area contributed by atoms with Gasteiger partial charge in [0.05, 0.1) is 5.69 Å². The second kappa shape index (κ2) is 6.91. The molecule has 5 heteroatoms. The van der Waals surface area contributed by atoms with Crippen LogP contribution in [0.1, 0.15) is 10.5 Å². The van der Waals surface area contributed by atoms with Crippen LogP contribution in [-0.2, 0) is 0 Å². The molecule has 0 radical (unpaired) electrons. The van der Waals surface area contributed by atoms with Crippen molar-refractivity contribution in [2.45, 2.75) is 0 Å². The van der Waals surface area contributed by atoms with E-state index in [0.29, 0.717) is 11.4 Å². The number of pyridine rings is 1. The molecular weight excluding hydrogens is 305 g/mol. The van der Waals surface area contributed by atoms with Crippen molar-refractivity contribution in [3.63, 3.8) is 0 Å². The first kappa shape index (κ1) is 15.7. The first-order chi connectivity index (χ1) is 11.6. The third kappa shape index (κ3) is 3.41. The lowest BCUT2D eigenvalue weighted by molar-refractivity contribution is 0.0988. The van der Waals surface area contributed by atoms with E-state index in [0.717, 1.165) is 5.69 Å². The Morgan fingerprint density at radius 2 is 1.75 bits per heavy atom. The summed E-state index contributed by atoms with van der Waals surface area (Å²) in [7, 11) is 1.69. The Bertz CT molecular complexity index is 852. The highest BCUT2D eigenvalue weighted by Crippen LogP contribution is 2.21. The maximum absolute atomic E-state index is 13.7. The van der Waals surface area contributed by atoms with Crippen LogP contribution in [0.2, 0.25) is 0 Å². The first-order valence-electron chi connectivity index (χ1n) is 7.46. The molecule has 0 saturated heterocycles. The van der Waals surface area contributed by atoms with E-state index in [1.54, 1.807) is 37.4 Å². The zero-order valence-corrected chi connectivity index (χ0v) is 13.1. The summed E-state index contributed by atoms with van der Waals surface area (Å²) in [6.45, 7) is 0. The van der Waals surface area contributed by atoms with Gasteiger partial charge in [-0.1, -0.05) is 30.3 Å². The first-order valence-corrected chi connectivity index (χ1v) is 7.46. The number of para-hydroxylation sites is 2. The van der Waals surface area contributed by atoms with E-state index in [4.69, 9.17) is 0 Å². The van der Waals surface area contributed by atoms with Crippen LogP contribution in [0, 0.1) is 5.82 Å². The molecule has 0 aliphatic heterocycles. The fourth-order valence-electron chi connectivity index (χ4n) is 2.28. The quantitative estimate of drug-likeness (QED) is 0.782. The molecule has 1 amide bonds. The molecule has 1 heterocycles. The third-order valence-corrected chi connectivity index (χ3v) is 3.58. The Kier molecular flexibility index (Phi) is 4.52. The zero-order valence-electron chi connectivity index (χ0n) is 13.1. The molecule has 1 N–H and O–H groups in total.